The first-order chi connectivity index (χ1) is 15.8. The van der Waals surface area contributed by atoms with Gasteiger partial charge in [0.25, 0.3) is 15.9 Å². The van der Waals surface area contributed by atoms with Gasteiger partial charge in [0.2, 0.25) is 5.91 Å². The molecule has 2 aliphatic heterocycles. The second kappa shape index (κ2) is 9.80. The summed E-state index contributed by atoms with van der Waals surface area (Å²) in [6.07, 6.45) is 3.45. The smallest absolute Gasteiger partial charge is 0.271 e. The molecule has 0 spiro atoms. The van der Waals surface area contributed by atoms with Crippen molar-refractivity contribution in [1.29, 1.82) is 0 Å². The Bertz CT molecular complexity index is 1190. The minimum absolute atomic E-state index is 0.0658. The molecule has 2 amide bonds. The van der Waals surface area contributed by atoms with Crippen LogP contribution in [-0.2, 0) is 19.6 Å². The Labute approximate surface area is 197 Å². The molecule has 3 N–H and O–H groups in total. The maximum Gasteiger partial charge on any atom is 0.271 e. The number of nitrogens with one attached hydrogen (secondary N) is 3. The van der Waals surface area contributed by atoms with Gasteiger partial charge in [-0.15, -0.1) is 0 Å². The number of hydrogen-bond acceptors (Lipinski definition) is 6. The zero-order valence-electron chi connectivity index (χ0n) is 17.8. The van der Waals surface area contributed by atoms with E-state index in [1.54, 1.807) is 36.4 Å². The number of amides is 2. The van der Waals surface area contributed by atoms with Gasteiger partial charge in [-0.3, -0.25) is 14.3 Å². The number of hydrazone groups is 1. The lowest BCUT2D eigenvalue weighted by atomic mass is 10.1. The van der Waals surface area contributed by atoms with Crippen molar-refractivity contribution in [3.8, 4) is 0 Å². The molecule has 0 aromatic heterocycles. The van der Waals surface area contributed by atoms with Gasteiger partial charge in [-0.1, -0.05) is 11.6 Å². The minimum Gasteiger partial charge on any atom is -0.370 e. The van der Waals surface area contributed by atoms with Crippen LogP contribution in [0.4, 0.5) is 17.1 Å². The maximum atomic E-state index is 13.4. The van der Waals surface area contributed by atoms with E-state index in [0.29, 0.717) is 22.1 Å². The molecule has 2 heterocycles. The second-order valence-corrected chi connectivity index (χ2v) is 9.98. The number of halogens is 1. The van der Waals surface area contributed by atoms with E-state index in [-0.39, 0.29) is 29.4 Å². The number of nitrogens with zero attached hydrogens (tertiary/aromatic N) is 2. The maximum absolute atomic E-state index is 13.4. The molecule has 0 saturated carbocycles. The Kier molecular flexibility index (Phi) is 6.85. The highest BCUT2D eigenvalue weighted by Gasteiger charge is 2.25. The largest absolute Gasteiger partial charge is 0.370 e. The number of benzene rings is 2. The highest BCUT2D eigenvalue weighted by Crippen LogP contribution is 2.32. The fourth-order valence-corrected chi connectivity index (χ4v) is 5.21. The van der Waals surface area contributed by atoms with Crippen LogP contribution in [0.1, 0.15) is 32.1 Å². The third-order valence-electron chi connectivity index (χ3n) is 5.47. The van der Waals surface area contributed by atoms with Gasteiger partial charge in [-0.2, -0.15) is 5.10 Å². The number of rotatable bonds is 6. The molecule has 1 fully saturated rings. The van der Waals surface area contributed by atoms with E-state index in [4.69, 9.17) is 11.6 Å². The number of hydrogen-bond donors (Lipinski definition) is 3. The molecule has 0 atom stereocenters. The number of carbonyl (C=O) groups excluding carboxylic acids is 2. The van der Waals surface area contributed by atoms with Crippen molar-refractivity contribution in [3.63, 3.8) is 0 Å². The summed E-state index contributed by atoms with van der Waals surface area (Å²) in [4.78, 5) is 25.9. The van der Waals surface area contributed by atoms with Gasteiger partial charge in [0.1, 0.15) is 10.6 Å². The summed E-state index contributed by atoms with van der Waals surface area (Å²) in [6.45, 7) is 1.51. The number of piperidine rings is 1. The summed E-state index contributed by atoms with van der Waals surface area (Å²) >= 11 is 5.91. The monoisotopic (exact) mass is 489 g/mol. The van der Waals surface area contributed by atoms with Crippen LogP contribution in [0, 0.1) is 0 Å². The Morgan fingerprint density at radius 1 is 1.00 bits per heavy atom. The molecule has 9 nitrogen and oxygen atoms in total. The van der Waals surface area contributed by atoms with Crippen molar-refractivity contribution < 1.29 is 18.0 Å². The van der Waals surface area contributed by atoms with E-state index >= 15 is 0 Å². The SMILES string of the molecule is O=C1CCC(C(=O)Nc2ccc(N3CCCCC3)c(S(=O)(=O)Nc3ccc(Cl)cc3)c2)=NN1. The molecular weight excluding hydrogens is 466 g/mol. The first-order valence-electron chi connectivity index (χ1n) is 10.7. The predicted octanol–water partition coefficient (Wildman–Crippen LogP) is 3.34. The van der Waals surface area contributed by atoms with Gasteiger partial charge in [0.05, 0.1) is 5.69 Å². The van der Waals surface area contributed by atoms with Crippen LogP contribution in [0.2, 0.25) is 5.02 Å². The Morgan fingerprint density at radius 3 is 2.36 bits per heavy atom. The highest BCUT2D eigenvalue weighted by molar-refractivity contribution is 7.92. The van der Waals surface area contributed by atoms with E-state index in [0.717, 1.165) is 32.4 Å². The van der Waals surface area contributed by atoms with Gasteiger partial charge in [0, 0.05) is 42.3 Å². The topological polar surface area (TPSA) is 120 Å². The molecule has 0 unspecified atom stereocenters. The van der Waals surface area contributed by atoms with E-state index in [9.17, 15) is 18.0 Å². The highest BCUT2D eigenvalue weighted by atomic mass is 35.5. The van der Waals surface area contributed by atoms with Gasteiger partial charge < -0.3 is 10.2 Å². The van der Waals surface area contributed by atoms with E-state index in [1.165, 1.54) is 6.07 Å². The lowest BCUT2D eigenvalue weighted by molar-refractivity contribution is -0.121. The summed E-state index contributed by atoms with van der Waals surface area (Å²) in [7, 11) is -3.97. The first-order valence-corrected chi connectivity index (χ1v) is 12.5. The molecule has 2 aromatic carbocycles. The van der Waals surface area contributed by atoms with Crippen LogP contribution in [0.3, 0.4) is 0 Å². The lowest BCUT2D eigenvalue weighted by Crippen LogP contribution is -2.33. The summed E-state index contributed by atoms with van der Waals surface area (Å²) in [5, 5.41) is 6.98. The molecule has 0 aliphatic carbocycles. The zero-order valence-corrected chi connectivity index (χ0v) is 19.4. The molecular formula is C22H24ClN5O4S. The fourth-order valence-electron chi connectivity index (χ4n) is 3.77. The van der Waals surface area contributed by atoms with E-state index in [1.807, 2.05) is 4.90 Å². The predicted molar refractivity (Wildman–Crippen MR) is 128 cm³/mol. The van der Waals surface area contributed by atoms with Crippen molar-refractivity contribution in [1.82, 2.24) is 5.43 Å². The summed E-state index contributed by atoms with van der Waals surface area (Å²) < 4.78 is 29.3. The summed E-state index contributed by atoms with van der Waals surface area (Å²) in [5.74, 6) is -0.742. The number of sulfonamides is 1. The Balaban J connectivity index is 1.65. The van der Waals surface area contributed by atoms with Crippen LogP contribution in [-0.4, -0.2) is 39.0 Å². The molecule has 0 bridgehead atoms. The molecule has 2 aromatic rings. The molecule has 11 heteroatoms. The van der Waals surface area contributed by atoms with E-state index in [2.05, 4.69) is 20.6 Å². The summed E-state index contributed by atoms with van der Waals surface area (Å²) in [6, 6.07) is 11.2. The van der Waals surface area contributed by atoms with Crippen LogP contribution in [0.5, 0.6) is 0 Å². The van der Waals surface area contributed by atoms with Crippen LogP contribution >= 0.6 is 11.6 Å². The van der Waals surface area contributed by atoms with Gasteiger partial charge in [-0.25, -0.2) is 13.8 Å². The molecule has 174 valence electrons. The Morgan fingerprint density at radius 2 is 1.70 bits per heavy atom. The molecule has 33 heavy (non-hydrogen) atoms. The van der Waals surface area contributed by atoms with Crippen molar-refractivity contribution in [3.05, 3.63) is 47.5 Å². The van der Waals surface area contributed by atoms with Crippen molar-refractivity contribution in [2.45, 2.75) is 37.0 Å². The Hall–Kier alpha value is -3.11. The lowest BCUT2D eigenvalue weighted by Gasteiger charge is -2.30. The molecule has 0 radical (unpaired) electrons. The van der Waals surface area contributed by atoms with Crippen LogP contribution in [0.15, 0.2) is 52.5 Å². The van der Waals surface area contributed by atoms with Crippen LogP contribution in [0.25, 0.3) is 0 Å². The number of carbonyl (C=O) groups is 2. The minimum atomic E-state index is -3.97. The summed E-state index contributed by atoms with van der Waals surface area (Å²) in [5.41, 5.74) is 3.74. The van der Waals surface area contributed by atoms with Gasteiger partial charge in [-0.05, 0) is 61.7 Å². The number of anilines is 3. The van der Waals surface area contributed by atoms with E-state index < -0.39 is 15.9 Å². The van der Waals surface area contributed by atoms with Gasteiger partial charge >= 0.3 is 0 Å². The molecule has 2 aliphatic rings. The second-order valence-electron chi connectivity index (χ2n) is 7.89. The molecule has 4 rings (SSSR count). The average molecular weight is 490 g/mol. The fraction of sp³-hybridized carbons (Fsp3) is 0.318. The zero-order chi connectivity index (χ0) is 23.4. The molecule has 1 saturated heterocycles. The third-order valence-corrected chi connectivity index (χ3v) is 7.13. The van der Waals surface area contributed by atoms with Crippen molar-refractivity contribution >= 4 is 56.2 Å². The normalized spacial score (nSPS) is 16.6. The first kappa shape index (κ1) is 23.1. The standard InChI is InChI=1S/C22H24ClN5O4S/c23-15-4-6-16(7-5-15)27-33(31,32)20-14-17(8-10-19(20)28-12-2-1-3-13-28)24-22(30)18-9-11-21(29)26-25-18/h4-8,10,14,27H,1-3,9,11-13H2,(H,24,30)(H,26,29). The quantitative estimate of drug-likeness (QED) is 0.574. The van der Waals surface area contributed by atoms with Crippen molar-refractivity contribution in [2.24, 2.45) is 5.10 Å². The van der Waals surface area contributed by atoms with Crippen molar-refractivity contribution in [2.75, 3.05) is 28.0 Å². The average Bonchev–Trinajstić information content (AvgIpc) is 2.81. The van der Waals surface area contributed by atoms with Crippen LogP contribution < -0.4 is 20.4 Å². The van der Waals surface area contributed by atoms with Gasteiger partial charge in [0.15, 0.2) is 0 Å². The third kappa shape index (κ3) is 5.63.